The highest BCUT2D eigenvalue weighted by atomic mass is 16.5. The number of hydrogen-bond donors (Lipinski definition) is 1. The Morgan fingerprint density at radius 1 is 1.25 bits per heavy atom. The molecule has 2 heterocycles. The first-order chi connectivity index (χ1) is 9.60. The van der Waals surface area contributed by atoms with Crippen molar-refractivity contribution in [2.24, 2.45) is 0 Å². The van der Waals surface area contributed by atoms with Crippen molar-refractivity contribution in [2.45, 2.75) is 19.9 Å². The molecule has 0 unspecified atom stereocenters. The second-order valence-electron chi connectivity index (χ2n) is 4.89. The van der Waals surface area contributed by atoms with Crippen molar-refractivity contribution in [3.63, 3.8) is 0 Å². The van der Waals surface area contributed by atoms with Gasteiger partial charge in [-0.05, 0) is 19.9 Å². The van der Waals surface area contributed by atoms with Crippen molar-refractivity contribution in [2.75, 3.05) is 12.4 Å². The number of benzene rings is 1. The van der Waals surface area contributed by atoms with Crippen LogP contribution in [0.5, 0.6) is 5.75 Å². The molecule has 0 saturated heterocycles. The fraction of sp³-hybridized carbons (Fsp3) is 0.267. The predicted octanol–water partition coefficient (Wildman–Crippen LogP) is 3.37. The number of anilines is 1. The highest BCUT2D eigenvalue weighted by Crippen LogP contribution is 2.38. The Balaban J connectivity index is 2.45. The zero-order chi connectivity index (χ0) is 14.3. The summed E-state index contributed by atoms with van der Waals surface area (Å²) in [5.74, 6) is 0.637. The summed E-state index contributed by atoms with van der Waals surface area (Å²) in [6, 6.07) is 5.17. The minimum absolute atomic E-state index is 0.185. The van der Waals surface area contributed by atoms with E-state index in [1.54, 1.807) is 19.4 Å². The van der Waals surface area contributed by atoms with Crippen LogP contribution in [0, 0.1) is 0 Å². The van der Waals surface area contributed by atoms with E-state index in [1.165, 1.54) is 6.07 Å². The molecule has 0 aliphatic carbocycles. The monoisotopic (exact) mass is 273 g/mol. The first-order valence-electron chi connectivity index (χ1n) is 6.38. The molecule has 20 heavy (non-hydrogen) atoms. The topological polar surface area (TPSA) is 64.6 Å². The summed E-state index contributed by atoms with van der Waals surface area (Å²) in [5, 5.41) is 4.84. The third-order valence-electron chi connectivity index (χ3n) is 3.07. The van der Waals surface area contributed by atoms with Gasteiger partial charge in [0, 0.05) is 18.2 Å². The maximum Gasteiger partial charge on any atom is 0.338 e. The van der Waals surface area contributed by atoms with Gasteiger partial charge in [0.25, 0.3) is 0 Å². The number of ether oxygens (including phenoxy) is 1. The van der Waals surface area contributed by atoms with E-state index in [-0.39, 0.29) is 6.04 Å². The Hall–Kier alpha value is -2.43. The van der Waals surface area contributed by atoms with Crippen LogP contribution in [-0.2, 0) is 0 Å². The lowest BCUT2D eigenvalue weighted by Gasteiger charge is -2.14. The van der Waals surface area contributed by atoms with Crippen LogP contribution in [0.1, 0.15) is 13.8 Å². The molecule has 0 spiro atoms. The molecule has 0 atom stereocenters. The van der Waals surface area contributed by atoms with Crippen LogP contribution in [0.3, 0.4) is 0 Å². The number of rotatable bonds is 3. The number of fused-ring (bicyclic) bond motifs is 2. The third kappa shape index (κ3) is 1.91. The van der Waals surface area contributed by atoms with Gasteiger partial charge >= 0.3 is 5.63 Å². The Morgan fingerprint density at radius 2 is 2.05 bits per heavy atom. The summed E-state index contributed by atoms with van der Waals surface area (Å²) in [7, 11) is 1.59. The molecule has 5 nitrogen and oxygen atoms in total. The van der Waals surface area contributed by atoms with Gasteiger partial charge in [0.15, 0.2) is 0 Å². The van der Waals surface area contributed by atoms with Crippen molar-refractivity contribution in [3.05, 3.63) is 34.9 Å². The minimum Gasteiger partial charge on any atom is -0.495 e. The predicted molar refractivity (Wildman–Crippen MR) is 77.6 cm³/mol. The van der Waals surface area contributed by atoms with Crippen LogP contribution in [0.2, 0.25) is 0 Å². The number of nitrogens with one attached hydrogen (secondary N) is 1. The average Bonchev–Trinajstić information content (AvgIpc) is 2.82. The summed E-state index contributed by atoms with van der Waals surface area (Å²) < 4.78 is 16.1. The fourth-order valence-electron chi connectivity index (χ4n) is 2.36. The van der Waals surface area contributed by atoms with Crippen LogP contribution in [0.4, 0.5) is 5.69 Å². The molecule has 2 aromatic heterocycles. The third-order valence-corrected chi connectivity index (χ3v) is 3.07. The molecule has 0 amide bonds. The second kappa shape index (κ2) is 4.59. The molecule has 0 aliphatic rings. The summed E-state index contributed by atoms with van der Waals surface area (Å²) >= 11 is 0. The second-order valence-corrected chi connectivity index (χ2v) is 4.89. The highest BCUT2D eigenvalue weighted by Gasteiger charge is 2.17. The van der Waals surface area contributed by atoms with Gasteiger partial charge in [-0.15, -0.1) is 0 Å². The minimum atomic E-state index is -0.409. The van der Waals surface area contributed by atoms with Crippen molar-refractivity contribution < 1.29 is 13.6 Å². The molecule has 0 radical (unpaired) electrons. The molecule has 104 valence electrons. The van der Waals surface area contributed by atoms with Crippen LogP contribution in [-0.4, -0.2) is 13.2 Å². The molecule has 0 bridgehead atoms. The molecular formula is C15H15NO4. The summed E-state index contributed by atoms with van der Waals surface area (Å²) in [6.45, 7) is 4.01. The zero-order valence-electron chi connectivity index (χ0n) is 11.5. The number of furan rings is 1. The summed E-state index contributed by atoms with van der Waals surface area (Å²) in [4.78, 5) is 11.7. The van der Waals surface area contributed by atoms with E-state index in [2.05, 4.69) is 5.32 Å². The van der Waals surface area contributed by atoms with Crippen molar-refractivity contribution in [1.29, 1.82) is 0 Å². The van der Waals surface area contributed by atoms with Crippen LogP contribution in [0.25, 0.3) is 21.9 Å². The maximum absolute atomic E-state index is 11.7. The largest absolute Gasteiger partial charge is 0.495 e. The first kappa shape index (κ1) is 12.6. The van der Waals surface area contributed by atoms with E-state index >= 15 is 0 Å². The van der Waals surface area contributed by atoms with Gasteiger partial charge in [0.2, 0.25) is 0 Å². The molecule has 1 aromatic carbocycles. The lowest BCUT2D eigenvalue weighted by atomic mass is 10.1. The van der Waals surface area contributed by atoms with Crippen LogP contribution >= 0.6 is 0 Å². The molecular weight excluding hydrogens is 258 g/mol. The van der Waals surface area contributed by atoms with Crippen molar-refractivity contribution >= 4 is 27.6 Å². The number of hydrogen-bond acceptors (Lipinski definition) is 5. The van der Waals surface area contributed by atoms with Gasteiger partial charge in [0.05, 0.1) is 29.8 Å². The SMILES string of the molecule is COc1c2ccoc2cc2oc(=O)cc(NC(C)C)c12. The van der Waals surface area contributed by atoms with E-state index in [1.807, 2.05) is 19.9 Å². The highest BCUT2D eigenvalue weighted by molar-refractivity contribution is 6.06. The molecule has 3 rings (SSSR count). The van der Waals surface area contributed by atoms with Gasteiger partial charge < -0.3 is 18.9 Å². The average molecular weight is 273 g/mol. The van der Waals surface area contributed by atoms with Crippen LogP contribution in [0.15, 0.2) is 38.1 Å². The van der Waals surface area contributed by atoms with Gasteiger partial charge in [-0.3, -0.25) is 0 Å². The summed E-state index contributed by atoms with van der Waals surface area (Å²) in [6.07, 6.45) is 1.58. The Morgan fingerprint density at radius 3 is 2.75 bits per heavy atom. The van der Waals surface area contributed by atoms with Gasteiger partial charge in [0.1, 0.15) is 16.9 Å². The van der Waals surface area contributed by atoms with Crippen molar-refractivity contribution in [1.82, 2.24) is 0 Å². The first-order valence-corrected chi connectivity index (χ1v) is 6.38. The Kier molecular flexibility index (Phi) is 2.89. The maximum atomic E-state index is 11.7. The molecule has 0 aliphatic heterocycles. The number of methoxy groups -OCH3 is 1. The molecule has 0 saturated carbocycles. The lowest BCUT2D eigenvalue weighted by Crippen LogP contribution is -2.12. The summed E-state index contributed by atoms with van der Waals surface area (Å²) in [5.41, 5.74) is 1.36. The van der Waals surface area contributed by atoms with Gasteiger partial charge in [-0.2, -0.15) is 0 Å². The van der Waals surface area contributed by atoms with E-state index in [9.17, 15) is 4.79 Å². The lowest BCUT2D eigenvalue weighted by molar-refractivity contribution is 0.423. The van der Waals surface area contributed by atoms with E-state index in [4.69, 9.17) is 13.6 Å². The zero-order valence-corrected chi connectivity index (χ0v) is 11.5. The molecule has 3 aromatic rings. The molecule has 0 fully saturated rings. The quantitative estimate of drug-likeness (QED) is 0.741. The smallest absolute Gasteiger partial charge is 0.338 e. The Labute approximate surface area is 115 Å². The van der Waals surface area contributed by atoms with E-state index in [0.29, 0.717) is 22.6 Å². The van der Waals surface area contributed by atoms with Gasteiger partial charge in [-0.25, -0.2) is 4.79 Å². The Bertz CT molecular complexity index is 829. The molecule has 1 N–H and O–H groups in total. The normalized spacial score (nSPS) is 11.4. The molecule has 5 heteroatoms. The fourth-order valence-corrected chi connectivity index (χ4v) is 2.36. The van der Waals surface area contributed by atoms with Crippen molar-refractivity contribution in [3.8, 4) is 5.75 Å². The van der Waals surface area contributed by atoms with E-state index < -0.39 is 5.63 Å². The van der Waals surface area contributed by atoms with E-state index in [0.717, 1.165) is 10.8 Å². The van der Waals surface area contributed by atoms with Gasteiger partial charge in [-0.1, -0.05) is 0 Å². The van der Waals surface area contributed by atoms with Crippen LogP contribution < -0.4 is 15.7 Å². The standard InChI is InChI=1S/C15H15NO4/c1-8(2)16-10-6-13(17)20-12-7-11-9(4-5-19-11)15(18-3)14(10)12/h4-8,16H,1-3H3.